The van der Waals surface area contributed by atoms with Crippen molar-refractivity contribution < 1.29 is 4.92 Å². The van der Waals surface area contributed by atoms with Gasteiger partial charge in [-0.3, -0.25) is 10.1 Å². The summed E-state index contributed by atoms with van der Waals surface area (Å²) in [5.41, 5.74) is 2.04. The van der Waals surface area contributed by atoms with E-state index in [9.17, 15) is 10.1 Å². The fourth-order valence-electron chi connectivity index (χ4n) is 1.98. The average molecular weight is 370 g/mol. The highest BCUT2D eigenvalue weighted by atomic mass is 79.9. The number of halogens is 2. The molecule has 110 valence electrons. The van der Waals surface area contributed by atoms with Gasteiger partial charge in [0.1, 0.15) is 0 Å². The SMILES string of the molecule is CC(NCc1cccc([N+](=O)[O-])c1Br)c1ccc(Cl)cc1. The zero-order valence-electron chi connectivity index (χ0n) is 11.3. The molecule has 0 radical (unpaired) electrons. The van der Waals surface area contributed by atoms with E-state index in [0.717, 1.165) is 11.1 Å². The highest BCUT2D eigenvalue weighted by Crippen LogP contribution is 2.28. The monoisotopic (exact) mass is 368 g/mol. The van der Waals surface area contributed by atoms with Gasteiger partial charge in [-0.1, -0.05) is 35.9 Å². The summed E-state index contributed by atoms with van der Waals surface area (Å²) in [4.78, 5) is 10.5. The second-order valence-electron chi connectivity index (χ2n) is 4.66. The quantitative estimate of drug-likeness (QED) is 0.605. The number of nitro benzene ring substituents is 1. The van der Waals surface area contributed by atoms with Crippen molar-refractivity contribution >= 4 is 33.2 Å². The highest BCUT2D eigenvalue weighted by Gasteiger charge is 2.15. The van der Waals surface area contributed by atoms with E-state index in [4.69, 9.17) is 11.6 Å². The molecule has 21 heavy (non-hydrogen) atoms. The minimum absolute atomic E-state index is 0.0773. The Balaban J connectivity index is 2.08. The molecule has 4 nitrogen and oxygen atoms in total. The van der Waals surface area contributed by atoms with Gasteiger partial charge in [0.25, 0.3) is 5.69 Å². The largest absolute Gasteiger partial charge is 0.306 e. The van der Waals surface area contributed by atoms with E-state index in [-0.39, 0.29) is 11.7 Å². The molecule has 0 saturated carbocycles. The van der Waals surface area contributed by atoms with Crippen LogP contribution >= 0.6 is 27.5 Å². The minimum atomic E-state index is -0.393. The van der Waals surface area contributed by atoms with Crippen molar-refractivity contribution in [3.05, 3.63) is 73.2 Å². The van der Waals surface area contributed by atoms with Crippen LogP contribution < -0.4 is 5.32 Å². The van der Waals surface area contributed by atoms with Gasteiger partial charge in [-0.25, -0.2) is 0 Å². The third-order valence-corrected chi connectivity index (χ3v) is 4.39. The van der Waals surface area contributed by atoms with E-state index in [1.165, 1.54) is 6.07 Å². The number of rotatable bonds is 5. The Morgan fingerprint density at radius 3 is 2.57 bits per heavy atom. The van der Waals surface area contributed by atoms with Crippen LogP contribution in [-0.2, 0) is 6.54 Å². The van der Waals surface area contributed by atoms with Crippen LogP contribution in [0.3, 0.4) is 0 Å². The Kier molecular flexibility index (Phi) is 5.33. The second-order valence-corrected chi connectivity index (χ2v) is 5.89. The molecule has 0 bridgehead atoms. The summed E-state index contributed by atoms with van der Waals surface area (Å²) >= 11 is 9.17. The second kappa shape index (κ2) is 7.02. The Bertz CT molecular complexity index is 647. The Morgan fingerprint density at radius 1 is 1.29 bits per heavy atom. The fraction of sp³-hybridized carbons (Fsp3) is 0.200. The van der Waals surface area contributed by atoms with Crippen molar-refractivity contribution in [2.75, 3.05) is 0 Å². The molecule has 0 fully saturated rings. The van der Waals surface area contributed by atoms with E-state index in [1.807, 2.05) is 37.3 Å². The lowest BCUT2D eigenvalue weighted by Crippen LogP contribution is -2.18. The molecule has 1 atom stereocenters. The summed E-state index contributed by atoms with van der Waals surface area (Å²) in [6.45, 7) is 2.57. The van der Waals surface area contributed by atoms with Crippen molar-refractivity contribution in [3.63, 3.8) is 0 Å². The molecular formula is C15H14BrClN2O2. The maximum Gasteiger partial charge on any atom is 0.283 e. The van der Waals surface area contributed by atoms with Gasteiger partial charge in [-0.2, -0.15) is 0 Å². The zero-order valence-corrected chi connectivity index (χ0v) is 13.7. The molecule has 0 heterocycles. The Hall–Kier alpha value is -1.43. The van der Waals surface area contributed by atoms with E-state index in [0.29, 0.717) is 16.0 Å². The van der Waals surface area contributed by atoms with E-state index in [2.05, 4.69) is 21.2 Å². The molecule has 0 aliphatic rings. The number of nitrogens with zero attached hydrogens (tertiary/aromatic N) is 1. The van der Waals surface area contributed by atoms with Crippen LogP contribution in [0.25, 0.3) is 0 Å². The van der Waals surface area contributed by atoms with Crippen LogP contribution in [-0.4, -0.2) is 4.92 Å². The molecule has 0 spiro atoms. The molecule has 6 heteroatoms. The third-order valence-electron chi connectivity index (χ3n) is 3.22. The van der Waals surface area contributed by atoms with Gasteiger partial charge in [0, 0.05) is 23.7 Å². The summed E-state index contributed by atoms with van der Waals surface area (Å²) in [5, 5.41) is 15.0. The normalized spacial score (nSPS) is 12.1. The van der Waals surface area contributed by atoms with E-state index in [1.54, 1.807) is 6.07 Å². The summed E-state index contributed by atoms with van der Waals surface area (Å²) < 4.78 is 0.519. The molecule has 1 unspecified atom stereocenters. The first-order valence-corrected chi connectivity index (χ1v) is 7.56. The van der Waals surface area contributed by atoms with Crippen molar-refractivity contribution in [2.45, 2.75) is 19.5 Å². The number of nitro groups is 1. The molecule has 2 aromatic rings. The summed E-state index contributed by atoms with van der Waals surface area (Å²) in [6.07, 6.45) is 0. The first-order valence-electron chi connectivity index (χ1n) is 6.39. The molecule has 0 saturated heterocycles. The minimum Gasteiger partial charge on any atom is -0.306 e. The molecule has 2 rings (SSSR count). The van der Waals surface area contributed by atoms with Gasteiger partial charge in [-0.15, -0.1) is 0 Å². The van der Waals surface area contributed by atoms with E-state index < -0.39 is 4.92 Å². The topological polar surface area (TPSA) is 55.2 Å². The van der Waals surface area contributed by atoms with Gasteiger partial charge in [0.15, 0.2) is 0 Å². The number of benzene rings is 2. The molecule has 0 amide bonds. The molecule has 2 aromatic carbocycles. The molecule has 0 aromatic heterocycles. The predicted molar refractivity (Wildman–Crippen MR) is 87.5 cm³/mol. The van der Waals surface area contributed by atoms with E-state index >= 15 is 0 Å². The van der Waals surface area contributed by atoms with Crippen LogP contribution in [0.1, 0.15) is 24.1 Å². The number of hydrogen-bond acceptors (Lipinski definition) is 3. The van der Waals surface area contributed by atoms with Gasteiger partial charge in [0.2, 0.25) is 0 Å². The van der Waals surface area contributed by atoms with Crippen LogP contribution in [0.2, 0.25) is 5.02 Å². The number of hydrogen-bond donors (Lipinski definition) is 1. The lowest BCUT2D eigenvalue weighted by Gasteiger charge is -2.15. The Morgan fingerprint density at radius 2 is 1.95 bits per heavy atom. The average Bonchev–Trinajstić information content (AvgIpc) is 2.46. The summed E-state index contributed by atoms with van der Waals surface area (Å²) in [7, 11) is 0. The van der Waals surface area contributed by atoms with Gasteiger partial charge >= 0.3 is 0 Å². The third kappa shape index (κ3) is 4.03. The predicted octanol–water partition coefficient (Wildman–Crippen LogP) is 4.86. The van der Waals surface area contributed by atoms with Crippen LogP contribution in [0.15, 0.2) is 46.9 Å². The van der Waals surface area contributed by atoms with Crippen molar-refractivity contribution in [1.82, 2.24) is 5.32 Å². The standard InChI is InChI=1S/C15H14BrClN2O2/c1-10(11-5-7-13(17)8-6-11)18-9-12-3-2-4-14(15(12)16)19(20)21/h2-8,10,18H,9H2,1H3. The highest BCUT2D eigenvalue weighted by molar-refractivity contribution is 9.10. The maximum absolute atomic E-state index is 10.9. The van der Waals surface area contributed by atoms with Crippen LogP contribution in [0, 0.1) is 10.1 Å². The van der Waals surface area contributed by atoms with Crippen molar-refractivity contribution in [1.29, 1.82) is 0 Å². The van der Waals surface area contributed by atoms with Gasteiger partial charge in [-0.05, 0) is 46.1 Å². The first kappa shape index (κ1) is 15.9. The zero-order chi connectivity index (χ0) is 15.4. The Labute approximate surface area is 136 Å². The maximum atomic E-state index is 10.9. The lowest BCUT2D eigenvalue weighted by molar-refractivity contribution is -0.385. The first-order chi connectivity index (χ1) is 9.99. The van der Waals surface area contributed by atoms with Crippen molar-refractivity contribution in [2.24, 2.45) is 0 Å². The van der Waals surface area contributed by atoms with Gasteiger partial charge < -0.3 is 5.32 Å². The molecule has 0 aliphatic heterocycles. The smallest absolute Gasteiger partial charge is 0.283 e. The number of nitrogens with one attached hydrogen (secondary N) is 1. The summed E-state index contributed by atoms with van der Waals surface area (Å²) in [6, 6.07) is 12.8. The van der Waals surface area contributed by atoms with Gasteiger partial charge in [0.05, 0.1) is 9.40 Å². The molecule has 1 N–H and O–H groups in total. The molecular weight excluding hydrogens is 356 g/mol. The van der Waals surface area contributed by atoms with Crippen molar-refractivity contribution in [3.8, 4) is 0 Å². The van der Waals surface area contributed by atoms with Crippen LogP contribution in [0.4, 0.5) is 5.69 Å². The lowest BCUT2D eigenvalue weighted by atomic mass is 10.1. The van der Waals surface area contributed by atoms with Crippen LogP contribution in [0.5, 0.6) is 0 Å². The fourth-order valence-corrected chi connectivity index (χ4v) is 2.65. The summed E-state index contributed by atoms with van der Waals surface area (Å²) in [5.74, 6) is 0. The molecule has 0 aliphatic carbocycles.